The molecule has 0 radical (unpaired) electrons. The number of amides is 4. The predicted octanol–water partition coefficient (Wildman–Crippen LogP) is 5.10. The lowest BCUT2D eigenvalue weighted by Gasteiger charge is -2.37. The number of carbonyl (C=O) groups is 4. The van der Waals surface area contributed by atoms with Crippen molar-refractivity contribution in [3.8, 4) is 22.3 Å². The first kappa shape index (κ1) is 32.0. The number of cyclic esters (lactones) is 1. The van der Waals surface area contributed by atoms with Gasteiger partial charge in [0, 0.05) is 12.6 Å². The number of H-pyrrole nitrogens is 2. The van der Waals surface area contributed by atoms with E-state index in [4.69, 9.17) is 19.4 Å². The molecule has 6 heterocycles. The predicted molar refractivity (Wildman–Crippen MR) is 190 cm³/mol. The Morgan fingerprint density at radius 2 is 1.42 bits per heavy atom. The number of piperidine rings is 1. The summed E-state index contributed by atoms with van der Waals surface area (Å²) in [7, 11) is 1.30. The molecule has 4 amide bonds. The van der Waals surface area contributed by atoms with Crippen LogP contribution in [0.3, 0.4) is 0 Å². The minimum absolute atomic E-state index is 0.0467. The summed E-state index contributed by atoms with van der Waals surface area (Å²) in [6.45, 7) is 0.655. The maximum atomic E-state index is 13.4. The van der Waals surface area contributed by atoms with Gasteiger partial charge in [0.05, 0.1) is 41.3 Å². The molecule has 4 fully saturated rings. The fourth-order valence-electron chi connectivity index (χ4n) is 8.39. The fourth-order valence-corrected chi connectivity index (χ4v) is 8.39. The first-order valence-electron chi connectivity index (χ1n) is 17.8. The minimum Gasteiger partial charge on any atom is -0.453 e. The lowest BCUT2D eigenvalue weighted by molar-refractivity contribution is -0.139. The summed E-state index contributed by atoms with van der Waals surface area (Å²) in [6.07, 6.45) is 3.65. The molecule has 5 atom stereocenters. The maximum absolute atomic E-state index is 13.4. The molecule has 4 saturated heterocycles. The number of imidazole rings is 2. The average molecular weight is 703 g/mol. The summed E-state index contributed by atoms with van der Waals surface area (Å²) in [5.74, 6) is 1.27. The summed E-state index contributed by atoms with van der Waals surface area (Å²) < 4.78 is 9.67. The van der Waals surface area contributed by atoms with Gasteiger partial charge in [-0.1, -0.05) is 36.4 Å². The second-order valence-electron chi connectivity index (χ2n) is 14.0. The van der Waals surface area contributed by atoms with Crippen LogP contribution in [-0.4, -0.2) is 92.1 Å². The van der Waals surface area contributed by atoms with Crippen LogP contribution in [0.2, 0.25) is 0 Å². The lowest BCUT2D eigenvalue weighted by atomic mass is 9.98. The number of aromatic nitrogens is 4. The molecule has 14 nitrogen and oxygen atoms in total. The van der Waals surface area contributed by atoms with Crippen LogP contribution in [-0.2, 0) is 19.1 Å². The number of hydrogen-bond donors (Lipinski definition) is 4. The van der Waals surface area contributed by atoms with Gasteiger partial charge < -0.3 is 39.9 Å². The highest BCUT2D eigenvalue weighted by Crippen LogP contribution is 2.41. The quantitative estimate of drug-likeness (QED) is 0.189. The highest BCUT2D eigenvalue weighted by atomic mass is 16.6. The van der Waals surface area contributed by atoms with E-state index >= 15 is 0 Å². The number of carbonyl (C=O) groups excluding carboxylic acids is 4. The largest absolute Gasteiger partial charge is 0.453 e. The molecule has 0 bridgehead atoms. The van der Waals surface area contributed by atoms with E-state index in [0.29, 0.717) is 13.0 Å². The van der Waals surface area contributed by atoms with Crippen LogP contribution in [0, 0.1) is 0 Å². The Bertz CT molecular complexity index is 2230. The standard InChI is InChI=1S/C38H38N8O6/c1-51-37(49)43-27-14-10-24-11-15-32(46(24)36(27)48)34-40-26-13-9-23(18-29(26)42-34)21-6-4-20(5-7-21)22-8-12-25-28(17-22)41-33(39-25)31-3-2-16-45(31)35(47)30-19-52-38(50)44-30/h4-9,12-13,17-18,24,27,30-32H,2-3,10-11,14-16,19H2,1H3,(H,39,41)(H,40,42)(H,43,49)(H,44,50)/t24-,27-,30-,31-,32-/m0/s1. The Labute approximate surface area is 298 Å². The Balaban J connectivity index is 0.913. The van der Waals surface area contributed by atoms with Crippen molar-refractivity contribution in [2.75, 3.05) is 20.3 Å². The van der Waals surface area contributed by atoms with E-state index in [1.54, 1.807) is 4.90 Å². The number of fused-ring (bicyclic) bond motifs is 3. The smallest absolute Gasteiger partial charge is 0.407 e. The first-order chi connectivity index (χ1) is 25.3. The Morgan fingerprint density at radius 1 is 0.808 bits per heavy atom. The molecule has 4 aliphatic heterocycles. The third kappa shape index (κ3) is 5.58. The van der Waals surface area contributed by atoms with Crippen molar-refractivity contribution in [1.82, 2.24) is 40.4 Å². The van der Waals surface area contributed by atoms with Crippen molar-refractivity contribution in [2.24, 2.45) is 0 Å². The van der Waals surface area contributed by atoms with Gasteiger partial charge in [0.15, 0.2) is 0 Å². The maximum Gasteiger partial charge on any atom is 0.407 e. The van der Waals surface area contributed by atoms with E-state index in [2.05, 4.69) is 69.1 Å². The monoisotopic (exact) mass is 702 g/mol. The summed E-state index contributed by atoms with van der Waals surface area (Å²) in [5, 5.41) is 5.28. The van der Waals surface area contributed by atoms with Gasteiger partial charge in [0.1, 0.15) is 30.3 Å². The van der Waals surface area contributed by atoms with E-state index in [1.807, 2.05) is 17.0 Å². The number of alkyl carbamates (subject to hydrolysis) is 2. The number of aromatic amines is 2. The molecule has 0 spiro atoms. The van der Waals surface area contributed by atoms with E-state index in [9.17, 15) is 19.2 Å². The topological polar surface area (TPSA) is 175 Å². The first-order valence-corrected chi connectivity index (χ1v) is 17.8. The zero-order valence-electron chi connectivity index (χ0n) is 28.6. The molecule has 5 aromatic rings. The number of methoxy groups -OCH3 is 1. The zero-order chi connectivity index (χ0) is 35.5. The van der Waals surface area contributed by atoms with Crippen LogP contribution in [0.4, 0.5) is 9.59 Å². The van der Waals surface area contributed by atoms with E-state index in [1.165, 1.54) is 7.11 Å². The van der Waals surface area contributed by atoms with Gasteiger partial charge in [0.2, 0.25) is 11.8 Å². The number of ether oxygens (including phenoxy) is 2. The number of likely N-dealkylation sites (tertiary alicyclic amines) is 1. The molecule has 2 aromatic heterocycles. The highest BCUT2D eigenvalue weighted by molar-refractivity contribution is 5.89. The Morgan fingerprint density at radius 3 is 2.04 bits per heavy atom. The van der Waals surface area contributed by atoms with E-state index in [-0.39, 0.29) is 36.5 Å². The van der Waals surface area contributed by atoms with Crippen LogP contribution in [0.15, 0.2) is 60.7 Å². The van der Waals surface area contributed by atoms with Gasteiger partial charge in [-0.2, -0.15) is 0 Å². The van der Waals surface area contributed by atoms with Crippen LogP contribution < -0.4 is 10.6 Å². The number of nitrogens with zero attached hydrogens (tertiary/aromatic N) is 4. The van der Waals surface area contributed by atoms with Crippen LogP contribution in [0.25, 0.3) is 44.3 Å². The summed E-state index contributed by atoms with van der Waals surface area (Å²) >= 11 is 0. The van der Waals surface area contributed by atoms with Gasteiger partial charge in [-0.25, -0.2) is 19.6 Å². The Hall–Kier alpha value is -5.92. The average Bonchev–Trinajstić information content (AvgIpc) is 4.01. The van der Waals surface area contributed by atoms with Gasteiger partial charge in [-0.05, 0) is 85.0 Å². The molecule has 4 aliphatic rings. The fraction of sp³-hybridized carbons (Fsp3) is 0.368. The van der Waals surface area contributed by atoms with E-state index < -0.39 is 24.3 Å². The van der Waals surface area contributed by atoms with Gasteiger partial charge in [-0.15, -0.1) is 0 Å². The molecule has 52 heavy (non-hydrogen) atoms. The van der Waals surface area contributed by atoms with Crippen molar-refractivity contribution in [3.63, 3.8) is 0 Å². The van der Waals surface area contributed by atoms with Crippen molar-refractivity contribution < 1.29 is 28.7 Å². The van der Waals surface area contributed by atoms with Crippen LogP contribution in [0.1, 0.15) is 62.3 Å². The third-order valence-electron chi connectivity index (χ3n) is 11.0. The van der Waals surface area contributed by atoms with E-state index in [0.717, 1.165) is 88.1 Å². The Kier molecular flexibility index (Phi) is 7.81. The normalized spacial score (nSPS) is 24.3. The summed E-state index contributed by atoms with van der Waals surface area (Å²) in [5.41, 5.74) is 7.66. The molecular formula is C38H38N8O6. The SMILES string of the molecule is COC(=O)N[C@H]1CC[C@H]2CC[C@@H](c3nc4ccc(-c5ccc(-c6ccc7nc([C@@H]8CCCN8C(=O)[C@@H]8COC(=O)N8)[nH]c7c6)cc5)cc4[nH]3)N2C1=O. The minimum atomic E-state index is -0.662. The van der Waals surface area contributed by atoms with Crippen LogP contribution in [0.5, 0.6) is 0 Å². The molecule has 0 unspecified atom stereocenters. The number of hydrogen-bond acceptors (Lipinski definition) is 8. The van der Waals surface area contributed by atoms with Gasteiger partial charge in [0.25, 0.3) is 0 Å². The molecule has 4 N–H and O–H groups in total. The summed E-state index contributed by atoms with van der Waals surface area (Å²) in [4.78, 5) is 70.3. The van der Waals surface area contributed by atoms with Crippen molar-refractivity contribution in [1.29, 1.82) is 0 Å². The second-order valence-corrected chi connectivity index (χ2v) is 14.0. The molecule has 0 aliphatic carbocycles. The number of nitrogens with one attached hydrogen (secondary N) is 4. The summed E-state index contributed by atoms with van der Waals surface area (Å²) in [6, 6.07) is 19.2. The molecule has 266 valence electrons. The van der Waals surface area contributed by atoms with Gasteiger partial charge >= 0.3 is 12.2 Å². The molecule has 9 rings (SSSR count). The molecule has 3 aromatic carbocycles. The number of rotatable bonds is 6. The molecular weight excluding hydrogens is 664 g/mol. The van der Waals surface area contributed by atoms with Crippen molar-refractivity contribution >= 4 is 46.1 Å². The van der Waals surface area contributed by atoms with Gasteiger partial charge in [-0.3, -0.25) is 9.59 Å². The van der Waals surface area contributed by atoms with Crippen molar-refractivity contribution in [3.05, 3.63) is 72.3 Å². The molecule has 14 heteroatoms. The highest BCUT2D eigenvalue weighted by Gasteiger charge is 2.45. The lowest BCUT2D eigenvalue weighted by Crippen LogP contribution is -2.54. The molecule has 0 saturated carbocycles. The second kappa shape index (κ2) is 12.7. The third-order valence-corrected chi connectivity index (χ3v) is 11.0. The zero-order valence-corrected chi connectivity index (χ0v) is 28.6. The van der Waals surface area contributed by atoms with Crippen LogP contribution >= 0.6 is 0 Å². The van der Waals surface area contributed by atoms with Crippen molar-refractivity contribution in [2.45, 2.75) is 68.7 Å². The number of benzene rings is 3.